The number of nitrogens with one attached hydrogen (secondary N) is 3. The molecule has 4 rings (SSSR count). The Bertz CT molecular complexity index is 995. The third-order valence-corrected chi connectivity index (χ3v) is 5.20. The van der Waals surface area contributed by atoms with Gasteiger partial charge in [0.15, 0.2) is 0 Å². The van der Waals surface area contributed by atoms with Gasteiger partial charge in [0.25, 0.3) is 5.91 Å². The van der Waals surface area contributed by atoms with Crippen LogP contribution in [0, 0.1) is 0 Å². The normalized spacial score (nSPS) is 13.2. The molecule has 0 saturated heterocycles. The second-order valence-corrected chi connectivity index (χ2v) is 7.47. The smallest absolute Gasteiger partial charge is 0.323 e. The lowest BCUT2D eigenvalue weighted by molar-refractivity contribution is 0.0955. The fraction of sp³-hybridized carbons (Fsp3) is 0.167. The van der Waals surface area contributed by atoms with E-state index < -0.39 is 6.03 Å². The van der Waals surface area contributed by atoms with Crippen LogP contribution in [0.15, 0.2) is 48.1 Å². The van der Waals surface area contributed by atoms with Crippen LogP contribution in [-0.2, 0) is 0 Å². The summed E-state index contributed by atoms with van der Waals surface area (Å²) in [5.41, 5.74) is 1.81. The number of halogens is 1. The molecule has 138 valence electrons. The van der Waals surface area contributed by atoms with E-state index in [2.05, 4.69) is 21.0 Å². The maximum absolute atomic E-state index is 12.1. The summed E-state index contributed by atoms with van der Waals surface area (Å²) in [7, 11) is 0. The number of aromatic nitrogens is 2. The van der Waals surface area contributed by atoms with Crippen molar-refractivity contribution in [1.82, 2.24) is 15.1 Å². The number of thiophene rings is 1. The number of carbonyl (C=O) groups excluding carboxylic acids is 2. The SMILES string of the molecule is O=C(Nc1cnn(-c2csc(C(=O)NC3CC3)c2)c1)Nc1ccccc1Cl. The van der Waals surface area contributed by atoms with Crippen LogP contribution in [0.5, 0.6) is 0 Å². The van der Waals surface area contributed by atoms with Gasteiger partial charge >= 0.3 is 6.03 Å². The molecule has 1 saturated carbocycles. The van der Waals surface area contributed by atoms with E-state index in [0.717, 1.165) is 18.5 Å². The fourth-order valence-corrected chi connectivity index (χ4v) is 3.39. The first-order chi connectivity index (χ1) is 13.1. The summed E-state index contributed by atoms with van der Waals surface area (Å²) in [4.78, 5) is 24.8. The zero-order chi connectivity index (χ0) is 18.8. The predicted octanol–water partition coefficient (Wildman–Crippen LogP) is 4.12. The first-order valence-electron chi connectivity index (χ1n) is 8.35. The Kier molecular flexibility index (Phi) is 4.83. The molecule has 1 aliphatic rings. The summed E-state index contributed by atoms with van der Waals surface area (Å²) in [6.07, 6.45) is 5.31. The number of nitrogens with zero attached hydrogens (tertiary/aromatic N) is 2. The Morgan fingerprint density at radius 3 is 2.81 bits per heavy atom. The zero-order valence-corrected chi connectivity index (χ0v) is 15.7. The van der Waals surface area contributed by atoms with Crippen molar-refractivity contribution >= 4 is 46.3 Å². The minimum Gasteiger partial charge on any atom is -0.349 e. The Labute approximate surface area is 164 Å². The van der Waals surface area contributed by atoms with Crippen LogP contribution in [0.3, 0.4) is 0 Å². The molecular weight excluding hydrogens is 386 g/mol. The van der Waals surface area contributed by atoms with E-state index in [1.807, 2.05) is 5.38 Å². The second-order valence-electron chi connectivity index (χ2n) is 6.15. The van der Waals surface area contributed by atoms with Gasteiger partial charge in [0.2, 0.25) is 0 Å². The molecule has 27 heavy (non-hydrogen) atoms. The first-order valence-corrected chi connectivity index (χ1v) is 9.61. The third-order valence-electron chi connectivity index (χ3n) is 3.95. The molecule has 7 nitrogen and oxygen atoms in total. The van der Waals surface area contributed by atoms with Crippen LogP contribution < -0.4 is 16.0 Å². The number of benzene rings is 1. The topological polar surface area (TPSA) is 88.0 Å². The maximum Gasteiger partial charge on any atom is 0.323 e. The van der Waals surface area contributed by atoms with Crippen LogP contribution in [0.4, 0.5) is 16.2 Å². The molecule has 3 amide bonds. The molecule has 0 aliphatic heterocycles. The lowest BCUT2D eigenvalue weighted by atomic mass is 10.3. The minimum atomic E-state index is -0.419. The van der Waals surface area contributed by atoms with Crippen molar-refractivity contribution in [2.75, 3.05) is 10.6 Å². The van der Waals surface area contributed by atoms with Crippen LogP contribution in [0.25, 0.3) is 5.69 Å². The molecule has 0 spiro atoms. The predicted molar refractivity (Wildman–Crippen MR) is 106 cm³/mol. The van der Waals surface area contributed by atoms with Crippen LogP contribution in [-0.4, -0.2) is 27.8 Å². The summed E-state index contributed by atoms with van der Waals surface area (Å²) in [6.45, 7) is 0. The van der Waals surface area contributed by atoms with Gasteiger partial charge in [-0.2, -0.15) is 5.10 Å². The number of carbonyl (C=O) groups is 2. The number of para-hydroxylation sites is 1. The van der Waals surface area contributed by atoms with Gasteiger partial charge in [-0.05, 0) is 31.0 Å². The van der Waals surface area contributed by atoms with Crippen molar-refractivity contribution in [3.63, 3.8) is 0 Å². The fourth-order valence-electron chi connectivity index (χ4n) is 2.43. The van der Waals surface area contributed by atoms with Gasteiger partial charge in [0.05, 0.1) is 39.4 Å². The van der Waals surface area contributed by atoms with Crippen molar-refractivity contribution in [2.45, 2.75) is 18.9 Å². The molecule has 1 aromatic carbocycles. The highest BCUT2D eigenvalue weighted by Crippen LogP contribution is 2.23. The quantitative estimate of drug-likeness (QED) is 0.600. The Balaban J connectivity index is 1.39. The second kappa shape index (κ2) is 7.42. The number of urea groups is 1. The molecule has 0 atom stereocenters. The van der Waals surface area contributed by atoms with Crippen molar-refractivity contribution in [1.29, 1.82) is 0 Å². The minimum absolute atomic E-state index is 0.0571. The number of hydrogen-bond acceptors (Lipinski definition) is 4. The molecule has 0 bridgehead atoms. The molecule has 9 heteroatoms. The third kappa shape index (κ3) is 4.29. The maximum atomic E-state index is 12.1. The monoisotopic (exact) mass is 401 g/mol. The molecule has 1 aliphatic carbocycles. The average molecular weight is 402 g/mol. The number of rotatable bonds is 5. The van der Waals surface area contributed by atoms with Gasteiger partial charge in [-0.15, -0.1) is 11.3 Å². The highest BCUT2D eigenvalue weighted by atomic mass is 35.5. The van der Waals surface area contributed by atoms with Crippen LogP contribution >= 0.6 is 22.9 Å². The van der Waals surface area contributed by atoms with E-state index in [1.54, 1.807) is 41.2 Å². The molecule has 3 aromatic rings. The van der Waals surface area contributed by atoms with E-state index in [9.17, 15) is 9.59 Å². The van der Waals surface area contributed by atoms with Gasteiger partial charge < -0.3 is 16.0 Å². The molecule has 0 radical (unpaired) electrons. The van der Waals surface area contributed by atoms with E-state index in [-0.39, 0.29) is 5.91 Å². The molecule has 2 heterocycles. The van der Waals surface area contributed by atoms with Gasteiger partial charge in [-0.25, -0.2) is 9.48 Å². The van der Waals surface area contributed by atoms with E-state index in [4.69, 9.17) is 11.6 Å². The average Bonchev–Trinajstić information content (AvgIpc) is 3.13. The number of anilines is 2. The van der Waals surface area contributed by atoms with Gasteiger partial charge in [-0.1, -0.05) is 23.7 Å². The highest BCUT2D eigenvalue weighted by molar-refractivity contribution is 7.12. The van der Waals surface area contributed by atoms with Crippen molar-refractivity contribution < 1.29 is 9.59 Å². The molecular formula is C18H16ClN5O2S. The molecule has 1 fully saturated rings. The Morgan fingerprint density at radius 1 is 1.22 bits per heavy atom. The summed E-state index contributed by atoms with van der Waals surface area (Å²) < 4.78 is 1.61. The molecule has 0 unspecified atom stereocenters. The van der Waals surface area contributed by atoms with Crippen molar-refractivity contribution in [2.24, 2.45) is 0 Å². The van der Waals surface area contributed by atoms with Gasteiger partial charge in [0.1, 0.15) is 0 Å². The molecule has 2 aromatic heterocycles. The highest BCUT2D eigenvalue weighted by Gasteiger charge is 2.24. The lowest BCUT2D eigenvalue weighted by Crippen LogP contribution is -2.24. The summed E-state index contributed by atoms with van der Waals surface area (Å²) in [5.74, 6) is -0.0571. The lowest BCUT2D eigenvalue weighted by Gasteiger charge is -2.07. The number of hydrogen-bond donors (Lipinski definition) is 3. The Hall–Kier alpha value is -2.84. The van der Waals surface area contributed by atoms with E-state index in [1.165, 1.54) is 17.5 Å². The number of amides is 3. The standard InChI is InChI=1S/C18H16ClN5O2S/c19-14-3-1-2-4-15(14)23-18(26)22-12-8-20-24(9-12)13-7-16(27-10-13)17(25)21-11-5-6-11/h1-4,7-11H,5-6H2,(H,21,25)(H2,22,23,26). The van der Waals surface area contributed by atoms with Crippen molar-refractivity contribution in [3.05, 3.63) is 58.0 Å². The first kappa shape index (κ1) is 17.6. The van der Waals surface area contributed by atoms with Crippen LogP contribution in [0.2, 0.25) is 5.02 Å². The summed E-state index contributed by atoms with van der Waals surface area (Å²) >= 11 is 7.39. The summed E-state index contributed by atoms with van der Waals surface area (Å²) in [5, 5.41) is 14.9. The van der Waals surface area contributed by atoms with E-state index in [0.29, 0.717) is 27.3 Å². The van der Waals surface area contributed by atoms with Crippen molar-refractivity contribution in [3.8, 4) is 5.69 Å². The largest absolute Gasteiger partial charge is 0.349 e. The summed E-state index contributed by atoms with van der Waals surface area (Å²) in [6, 6.07) is 8.66. The van der Waals surface area contributed by atoms with E-state index >= 15 is 0 Å². The Morgan fingerprint density at radius 2 is 2.04 bits per heavy atom. The van der Waals surface area contributed by atoms with Gasteiger partial charge in [-0.3, -0.25) is 4.79 Å². The zero-order valence-electron chi connectivity index (χ0n) is 14.1. The van der Waals surface area contributed by atoms with Crippen LogP contribution in [0.1, 0.15) is 22.5 Å². The molecule has 3 N–H and O–H groups in total. The van der Waals surface area contributed by atoms with Gasteiger partial charge in [0, 0.05) is 11.4 Å².